The summed E-state index contributed by atoms with van der Waals surface area (Å²) in [6.45, 7) is 6.01. The average Bonchev–Trinajstić information content (AvgIpc) is 2.84. The molecule has 8 nitrogen and oxygen atoms in total. The molecule has 0 aliphatic carbocycles. The number of aryl methyl sites for hydroxylation is 1. The van der Waals surface area contributed by atoms with Crippen molar-refractivity contribution in [3.63, 3.8) is 0 Å². The quantitative estimate of drug-likeness (QED) is 0.825. The van der Waals surface area contributed by atoms with Crippen molar-refractivity contribution in [2.24, 2.45) is 0 Å². The lowest BCUT2D eigenvalue weighted by atomic mass is 10.2. The number of carbonyl (C=O) groups is 1. The van der Waals surface area contributed by atoms with Gasteiger partial charge in [-0.25, -0.2) is 14.8 Å². The Balaban J connectivity index is 2.06. The molecule has 0 aliphatic heterocycles. The number of rotatable bonds is 6. The van der Waals surface area contributed by atoms with E-state index in [-0.39, 0.29) is 11.6 Å². The van der Waals surface area contributed by atoms with E-state index in [1.807, 2.05) is 13.8 Å². The Morgan fingerprint density at radius 3 is 2.76 bits per heavy atom. The highest BCUT2D eigenvalue weighted by atomic mass is 16.5. The normalized spacial score (nSPS) is 10.9. The van der Waals surface area contributed by atoms with Crippen molar-refractivity contribution in [2.75, 3.05) is 11.9 Å². The summed E-state index contributed by atoms with van der Waals surface area (Å²) in [5.74, 6) is 0.553. The fourth-order valence-corrected chi connectivity index (χ4v) is 1.71. The summed E-state index contributed by atoms with van der Waals surface area (Å²) >= 11 is 0. The van der Waals surface area contributed by atoms with Gasteiger partial charge in [0.05, 0.1) is 11.9 Å². The molecular formula is C13H17N5O3. The van der Waals surface area contributed by atoms with Crippen LogP contribution < -0.4 is 5.32 Å². The van der Waals surface area contributed by atoms with Gasteiger partial charge >= 0.3 is 5.97 Å². The van der Waals surface area contributed by atoms with Gasteiger partial charge in [0.15, 0.2) is 11.5 Å². The fourth-order valence-electron chi connectivity index (χ4n) is 1.71. The van der Waals surface area contributed by atoms with Crippen LogP contribution in [0.3, 0.4) is 0 Å². The molecule has 0 spiro atoms. The number of hydrogen-bond donors (Lipinski definition) is 2. The van der Waals surface area contributed by atoms with Gasteiger partial charge in [-0.3, -0.25) is 0 Å². The molecule has 0 fully saturated rings. The number of anilines is 1. The summed E-state index contributed by atoms with van der Waals surface area (Å²) in [5.41, 5.74) is 0.346. The summed E-state index contributed by atoms with van der Waals surface area (Å²) < 4.78 is 4.98. The number of carboxylic acids is 1. The summed E-state index contributed by atoms with van der Waals surface area (Å²) in [6, 6.07) is 0. The van der Waals surface area contributed by atoms with Crippen LogP contribution in [0.2, 0.25) is 0 Å². The van der Waals surface area contributed by atoms with Gasteiger partial charge in [0.2, 0.25) is 5.89 Å². The van der Waals surface area contributed by atoms with E-state index in [9.17, 15) is 9.90 Å². The van der Waals surface area contributed by atoms with E-state index in [1.54, 1.807) is 6.92 Å². The Kier molecular flexibility index (Phi) is 4.46. The van der Waals surface area contributed by atoms with Crippen molar-refractivity contribution in [1.82, 2.24) is 20.1 Å². The summed E-state index contributed by atoms with van der Waals surface area (Å²) in [7, 11) is 0. The van der Waals surface area contributed by atoms with Crippen molar-refractivity contribution in [3.8, 4) is 0 Å². The molecule has 2 N–H and O–H groups in total. The Bertz CT molecular complexity index is 638. The second kappa shape index (κ2) is 6.29. The van der Waals surface area contributed by atoms with Gasteiger partial charge in [0.25, 0.3) is 0 Å². The smallest absolute Gasteiger partial charge is 0.356 e. The molecule has 2 rings (SSSR count). The molecule has 0 aliphatic rings. The molecule has 0 saturated heterocycles. The van der Waals surface area contributed by atoms with Gasteiger partial charge in [-0.05, 0) is 6.92 Å². The fraction of sp³-hybridized carbons (Fsp3) is 0.462. The Labute approximate surface area is 121 Å². The molecule has 21 heavy (non-hydrogen) atoms. The first kappa shape index (κ1) is 14.9. The molecule has 112 valence electrons. The van der Waals surface area contributed by atoms with Gasteiger partial charge in [0, 0.05) is 18.9 Å². The van der Waals surface area contributed by atoms with E-state index in [1.165, 1.54) is 6.20 Å². The van der Waals surface area contributed by atoms with Crippen LogP contribution in [-0.4, -0.2) is 37.7 Å². The number of nitrogens with one attached hydrogen (secondary N) is 1. The number of aromatic carboxylic acids is 1. The number of carboxylic acid groups (broad SMARTS) is 1. The van der Waals surface area contributed by atoms with E-state index in [0.29, 0.717) is 36.2 Å². The predicted octanol–water partition coefficient (Wildman–Crippen LogP) is 1.64. The second-order valence-electron chi connectivity index (χ2n) is 4.86. The highest BCUT2D eigenvalue weighted by molar-refractivity contribution is 5.91. The van der Waals surface area contributed by atoms with Crippen LogP contribution in [0.1, 0.15) is 47.8 Å². The van der Waals surface area contributed by atoms with Gasteiger partial charge in [-0.1, -0.05) is 19.0 Å². The molecule has 0 aromatic carbocycles. The molecule has 0 amide bonds. The van der Waals surface area contributed by atoms with Gasteiger partial charge in [0.1, 0.15) is 5.82 Å². The standard InChI is InChI=1S/C13H17N5O3/c1-7(2)12-15-6-9(11(17-12)13(19)20)14-5-4-10-16-8(3)18-21-10/h6-7,14H,4-5H2,1-3H3,(H,19,20). The molecular weight excluding hydrogens is 274 g/mol. The first-order valence-electron chi connectivity index (χ1n) is 6.60. The first-order chi connectivity index (χ1) is 9.97. The minimum atomic E-state index is -1.09. The SMILES string of the molecule is Cc1noc(CCNc2cnc(C(C)C)nc2C(=O)O)n1. The van der Waals surface area contributed by atoms with Crippen molar-refractivity contribution in [3.05, 3.63) is 29.4 Å². The maximum atomic E-state index is 11.3. The Hall–Kier alpha value is -2.51. The summed E-state index contributed by atoms with van der Waals surface area (Å²) in [4.78, 5) is 23.6. The largest absolute Gasteiger partial charge is 0.476 e. The number of nitrogens with zero attached hydrogens (tertiary/aromatic N) is 4. The zero-order valence-corrected chi connectivity index (χ0v) is 12.1. The third kappa shape index (κ3) is 3.74. The zero-order valence-electron chi connectivity index (χ0n) is 12.1. The van der Waals surface area contributed by atoms with E-state index in [2.05, 4.69) is 25.4 Å². The molecule has 8 heteroatoms. The highest BCUT2D eigenvalue weighted by Crippen LogP contribution is 2.16. The van der Waals surface area contributed by atoms with Crippen LogP contribution in [0.5, 0.6) is 0 Å². The van der Waals surface area contributed by atoms with Crippen LogP contribution in [-0.2, 0) is 6.42 Å². The van der Waals surface area contributed by atoms with Crippen LogP contribution in [0, 0.1) is 6.92 Å². The summed E-state index contributed by atoms with van der Waals surface area (Å²) in [6.07, 6.45) is 1.98. The lowest BCUT2D eigenvalue weighted by molar-refractivity contribution is 0.0691. The molecule has 0 unspecified atom stereocenters. The molecule has 0 saturated carbocycles. The van der Waals surface area contributed by atoms with Crippen molar-refractivity contribution < 1.29 is 14.4 Å². The number of hydrogen-bond acceptors (Lipinski definition) is 7. The lowest BCUT2D eigenvalue weighted by Gasteiger charge is -2.10. The van der Waals surface area contributed by atoms with Crippen molar-refractivity contribution in [2.45, 2.75) is 33.1 Å². The molecule has 0 atom stereocenters. The molecule has 2 aromatic heterocycles. The van der Waals surface area contributed by atoms with Crippen LogP contribution in [0.4, 0.5) is 5.69 Å². The van der Waals surface area contributed by atoms with Crippen LogP contribution in [0.25, 0.3) is 0 Å². The van der Waals surface area contributed by atoms with E-state index < -0.39 is 5.97 Å². The summed E-state index contributed by atoms with van der Waals surface area (Å²) in [5, 5.41) is 15.9. The molecule has 0 radical (unpaired) electrons. The van der Waals surface area contributed by atoms with Crippen molar-refractivity contribution in [1.29, 1.82) is 0 Å². The van der Waals surface area contributed by atoms with E-state index >= 15 is 0 Å². The third-order valence-corrected chi connectivity index (χ3v) is 2.75. The molecule has 0 bridgehead atoms. The van der Waals surface area contributed by atoms with E-state index in [4.69, 9.17) is 4.52 Å². The Morgan fingerprint density at radius 2 is 2.19 bits per heavy atom. The molecule has 2 aromatic rings. The van der Waals surface area contributed by atoms with Gasteiger partial charge < -0.3 is 14.9 Å². The minimum Gasteiger partial charge on any atom is -0.476 e. The topological polar surface area (TPSA) is 114 Å². The van der Waals surface area contributed by atoms with Crippen LogP contribution in [0.15, 0.2) is 10.7 Å². The highest BCUT2D eigenvalue weighted by Gasteiger charge is 2.15. The monoisotopic (exact) mass is 291 g/mol. The molecule has 2 heterocycles. The van der Waals surface area contributed by atoms with Crippen LogP contribution >= 0.6 is 0 Å². The van der Waals surface area contributed by atoms with E-state index in [0.717, 1.165) is 0 Å². The zero-order chi connectivity index (χ0) is 15.4. The van der Waals surface area contributed by atoms with Gasteiger partial charge in [-0.15, -0.1) is 0 Å². The third-order valence-electron chi connectivity index (χ3n) is 2.75. The number of aromatic nitrogens is 4. The predicted molar refractivity (Wildman–Crippen MR) is 74.3 cm³/mol. The first-order valence-corrected chi connectivity index (χ1v) is 6.60. The maximum Gasteiger partial charge on any atom is 0.356 e. The van der Waals surface area contributed by atoms with Gasteiger partial charge in [-0.2, -0.15) is 4.98 Å². The lowest BCUT2D eigenvalue weighted by Crippen LogP contribution is -2.14. The Morgan fingerprint density at radius 1 is 1.43 bits per heavy atom. The second-order valence-corrected chi connectivity index (χ2v) is 4.86. The average molecular weight is 291 g/mol. The van der Waals surface area contributed by atoms with Crippen molar-refractivity contribution >= 4 is 11.7 Å². The maximum absolute atomic E-state index is 11.3. The minimum absolute atomic E-state index is 0.0320.